The summed E-state index contributed by atoms with van der Waals surface area (Å²) in [5.41, 5.74) is 0.256. The molecule has 2 saturated heterocycles. The SMILES string of the molecule is O=C(CN1CCN(c2ccc(F)c(F)c2)C1=O)N1CC[C@H](Oc2ncc(Cl)cn2)C1. The second kappa shape index (κ2) is 8.39. The Morgan fingerprint density at radius 3 is 2.67 bits per heavy atom. The molecule has 0 aliphatic carbocycles. The van der Waals surface area contributed by atoms with Gasteiger partial charge in [-0.05, 0) is 12.1 Å². The molecule has 0 saturated carbocycles. The van der Waals surface area contributed by atoms with E-state index in [4.69, 9.17) is 16.3 Å². The number of amides is 3. The molecule has 0 bridgehead atoms. The molecule has 0 spiro atoms. The average molecular weight is 438 g/mol. The third-order valence-corrected chi connectivity index (χ3v) is 5.20. The molecule has 8 nitrogen and oxygen atoms in total. The van der Waals surface area contributed by atoms with Crippen molar-refractivity contribution in [1.82, 2.24) is 19.8 Å². The molecule has 1 atom stereocenters. The van der Waals surface area contributed by atoms with E-state index in [0.717, 1.165) is 12.1 Å². The zero-order valence-electron chi connectivity index (χ0n) is 15.8. The summed E-state index contributed by atoms with van der Waals surface area (Å²) in [4.78, 5) is 37.5. The van der Waals surface area contributed by atoms with E-state index in [-0.39, 0.29) is 36.8 Å². The van der Waals surface area contributed by atoms with Gasteiger partial charge in [-0.2, -0.15) is 0 Å². The molecule has 2 aliphatic heterocycles. The number of benzene rings is 1. The summed E-state index contributed by atoms with van der Waals surface area (Å²) in [6.07, 6.45) is 3.23. The van der Waals surface area contributed by atoms with Crippen molar-refractivity contribution in [3.8, 4) is 6.01 Å². The van der Waals surface area contributed by atoms with E-state index in [1.807, 2.05) is 0 Å². The van der Waals surface area contributed by atoms with E-state index in [1.165, 1.54) is 28.3 Å². The molecule has 3 amide bonds. The number of nitrogens with zero attached hydrogens (tertiary/aromatic N) is 5. The van der Waals surface area contributed by atoms with Gasteiger partial charge in [0.25, 0.3) is 0 Å². The summed E-state index contributed by atoms with van der Waals surface area (Å²) in [6.45, 7) is 1.36. The molecule has 0 N–H and O–H groups in total. The van der Waals surface area contributed by atoms with Crippen LogP contribution in [0.2, 0.25) is 5.02 Å². The highest BCUT2D eigenvalue weighted by Crippen LogP contribution is 2.23. The van der Waals surface area contributed by atoms with E-state index in [1.54, 1.807) is 4.90 Å². The zero-order valence-corrected chi connectivity index (χ0v) is 16.6. The fraction of sp³-hybridized carbons (Fsp3) is 0.368. The Hall–Kier alpha value is -3.01. The van der Waals surface area contributed by atoms with Gasteiger partial charge < -0.3 is 14.5 Å². The van der Waals surface area contributed by atoms with Gasteiger partial charge in [0, 0.05) is 37.8 Å². The van der Waals surface area contributed by atoms with Gasteiger partial charge >= 0.3 is 12.0 Å². The van der Waals surface area contributed by atoms with Gasteiger partial charge in [-0.3, -0.25) is 9.69 Å². The van der Waals surface area contributed by atoms with Crippen LogP contribution in [0.25, 0.3) is 0 Å². The highest BCUT2D eigenvalue weighted by Gasteiger charge is 2.34. The minimum absolute atomic E-state index is 0.0941. The lowest BCUT2D eigenvalue weighted by molar-refractivity contribution is -0.130. The highest BCUT2D eigenvalue weighted by molar-refractivity contribution is 6.30. The van der Waals surface area contributed by atoms with Crippen molar-refractivity contribution >= 4 is 29.2 Å². The molecule has 1 aromatic carbocycles. The number of anilines is 1. The van der Waals surface area contributed by atoms with Crippen LogP contribution < -0.4 is 9.64 Å². The molecule has 11 heteroatoms. The molecule has 2 fully saturated rings. The van der Waals surface area contributed by atoms with Crippen molar-refractivity contribution in [1.29, 1.82) is 0 Å². The number of hydrogen-bond acceptors (Lipinski definition) is 5. The van der Waals surface area contributed by atoms with Crippen molar-refractivity contribution in [2.75, 3.05) is 37.6 Å². The molecule has 158 valence electrons. The van der Waals surface area contributed by atoms with E-state index < -0.39 is 17.7 Å². The zero-order chi connectivity index (χ0) is 21.3. The molecule has 2 aromatic rings. The predicted molar refractivity (Wildman–Crippen MR) is 103 cm³/mol. The lowest BCUT2D eigenvalue weighted by Crippen LogP contribution is -2.42. The van der Waals surface area contributed by atoms with Crippen LogP contribution in [0.15, 0.2) is 30.6 Å². The maximum atomic E-state index is 13.5. The summed E-state index contributed by atoms with van der Waals surface area (Å²) in [6, 6.07) is 3.05. The number of aromatic nitrogens is 2. The third kappa shape index (κ3) is 4.28. The number of rotatable bonds is 5. The number of hydrogen-bond donors (Lipinski definition) is 0. The largest absolute Gasteiger partial charge is 0.458 e. The van der Waals surface area contributed by atoms with Crippen LogP contribution in [0, 0.1) is 11.6 Å². The molecule has 1 aromatic heterocycles. The molecular weight excluding hydrogens is 420 g/mol. The Morgan fingerprint density at radius 2 is 1.93 bits per heavy atom. The van der Waals surface area contributed by atoms with E-state index in [0.29, 0.717) is 31.1 Å². The fourth-order valence-electron chi connectivity index (χ4n) is 3.45. The molecule has 3 heterocycles. The summed E-state index contributed by atoms with van der Waals surface area (Å²) in [7, 11) is 0. The highest BCUT2D eigenvalue weighted by atomic mass is 35.5. The minimum Gasteiger partial charge on any atom is -0.458 e. The van der Waals surface area contributed by atoms with Gasteiger partial charge in [0.1, 0.15) is 12.6 Å². The smallest absolute Gasteiger partial charge is 0.325 e. The van der Waals surface area contributed by atoms with Gasteiger partial charge in [0.2, 0.25) is 5.91 Å². The molecule has 30 heavy (non-hydrogen) atoms. The van der Waals surface area contributed by atoms with Crippen LogP contribution in [-0.4, -0.2) is 70.5 Å². The lowest BCUT2D eigenvalue weighted by atomic mass is 10.3. The predicted octanol–water partition coefficient (Wildman–Crippen LogP) is 2.33. The summed E-state index contributed by atoms with van der Waals surface area (Å²) >= 11 is 5.75. The Bertz CT molecular complexity index is 962. The third-order valence-electron chi connectivity index (χ3n) is 5.00. The first-order valence-electron chi connectivity index (χ1n) is 9.34. The van der Waals surface area contributed by atoms with Gasteiger partial charge in [0.15, 0.2) is 11.6 Å². The van der Waals surface area contributed by atoms with E-state index in [9.17, 15) is 18.4 Å². The van der Waals surface area contributed by atoms with Gasteiger partial charge in [-0.25, -0.2) is 23.5 Å². The number of urea groups is 1. The van der Waals surface area contributed by atoms with Crippen LogP contribution >= 0.6 is 11.6 Å². The number of halogens is 3. The molecule has 4 rings (SSSR count). The molecule has 0 radical (unpaired) electrons. The van der Waals surface area contributed by atoms with Gasteiger partial charge in [0.05, 0.1) is 24.0 Å². The number of ether oxygens (including phenoxy) is 1. The first-order valence-corrected chi connectivity index (χ1v) is 9.72. The second-order valence-electron chi connectivity index (χ2n) is 7.01. The van der Waals surface area contributed by atoms with Crippen molar-refractivity contribution in [3.63, 3.8) is 0 Å². The van der Waals surface area contributed by atoms with Crippen LogP contribution in [-0.2, 0) is 4.79 Å². The van der Waals surface area contributed by atoms with Gasteiger partial charge in [-0.15, -0.1) is 0 Å². The standard InChI is InChI=1S/C19H18ClF2N5O3/c20-12-8-23-18(24-9-12)30-14-3-4-25(10-14)17(28)11-26-5-6-27(19(26)29)13-1-2-15(21)16(22)7-13/h1-2,7-9,14H,3-6,10-11H2/t14-/m0/s1. The van der Waals surface area contributed by atoms with Crippen LogP contribution in [0.1, 0.15) is 6.42 Å². The lowest BCUT2D eigenvalue weighted by Gasteiger charge is -2.22. The first kappa shape index (κ1) is 20.3. The molecule has 2 aliphatic rings. The topological polar surface area (TPSA) is 78.9 Å². The van der Waals surface area contributed by atoms with E-state index >= 15 is 0 Å². The Labute approximate surface area is 176 Å². The first-order chi connectivity index (χ1) is 14.4. The van der Waals surface area contributed by atoms with Crippen molar-refractivity contribution in [2.45, 2.75) is 12.5 Å². The maximum Gasteiger partial charge on any atom is 0.325 e. The summed E-state index contributed by atoms with van der Waals surface area (Å²) < 4.78 is 32.3. The van der Waals surface area contributed by atoms with Gasteiger partial charge in [-0.1, -0.05) is 11.6 Å². The van der Waals surface area contributed by atoms with Crippen molar-refractivity contribution < 1.29 is 23.1 Å². The normalized spacial score (nSPS) is 19.0. The molecular formula is C19H18ClF2N5O3. The number of carbonyl (C=O) groups is 2. The Morgan fingerprint density at radius 1 is 1.17 bits per heavy atom. The van der Waals surface area contributed by atoms with Crippen LogP contribution in [0.3, 0.4) is 0 Å². The van der Waals surface area contributed by atoms with Crippen molar-refractivity contribution in [2.24, 2.45) is 0 Å². The summed E-state index contributed by atoms with van der Waals surface area (Å²) in [5, 5.41) is 0.401. The monoisotopic (exact) mass is 437 g/mol. The van der Waals surface area contributed by atoms with Crippen LogP contribution in [0.4, 0.5) is 19.3 Å². The maximum absolute atomic E-state index is 13.5. The Balaban J connectivity index is 1.31. The summed E-state index contributed by atoms with van der Waals surface area (Å²) in [5.74, 6) is -2.21. The fourth-order valence-corrected chi connectivity index (χ4v) is 3.54. The second-order valence-corrected chi connectivity index (χ2v) is 7.44. The quantitative estimate of drug-likeness (QED) is 0.717. The average Bonchev–Trinajstić information content (AvgIpc) is 3.33. The van der Waals surface area contributed by atoms with E-state index in [2.05, 4.69) is 9.97 Å². The Kier molecular flexibility index (Phi) is 5.67. The number of likely N-dealkylation sites (tertiary alicyclic amines) is 1. The van der Waals surface area contributed by atoms with Crippen molar-refractivity contribution in [3.05, 3.63) is 47.2 Å². The minimum atomic E-state index is -1.03. The van der Waals surface area contributed by atoms with Crippen LogP contribution in [0.5, 0.6) is 6.01 Å². The number of carbonyl (C=O) groups excluding carboxylic acids is 2. The molecule has 0 unspecified atom stereocenters.